The molecule has 0 aliphatic rings. The van der Waals surface area contributed by atoms with E-state index in [4.69, 9.17) is 14.5 Å². The molecule has 0 spiro atoms. The maximum absolute atomic E-state index is 5.90. The maximum Gasteiger partial charge on any atom is 0.189 e. The third-order valence-corrected chi connectivity index (χ3v) is 5.48. The Bertz CT molecular complexity index is 1370. The summed E-state index contributed by atoms with van der Waals surface area (Å²) < 4.78 is 15.1. The molecular weight excluding hydrogens is 392 g/mol. The molecule has 0 aliphatic carbocycles. The van der Waals surface area contributed by atoms with Crippen LogP contribution in [0.25, 0.3) is 16.7 Å². The van der Waals surface area contributed by atoms with E-state index in [0.29, 0.717) is 23.9 Å². The predicted molar refractivity (Wildman–Crippen MR) is 116 cm³/mol. The number of aromatic nitrogens is 6. The molecule has 0 amide bonds. The lowest BCUT2D eigenvalue weighted by molar-refractivity contribution is 0.276. The number of rotatable bonds is 6. The molecule has 5 aromatic rings. The molecule has 0 N–H and O–H groups in total. The summed E-state index contributed by atoms with van der Waals surface area (Å²) >= 11 is 0. The van der Waals surface area contributed by atoms with E-state index in [1.807, 2.05) is 36.5 Å². The van der Waals surface area contributed by atoms with E-state index in [-0.39, 0.29) is 6.61 Å². The Kier molecular flexibility index (Phi) is 4.74. The number of hydrogen-bond donors (Lipinski definition) is 0. The van der Waals surface area contributed by atoms with Crippen LogP contribution in [0.15, 0.2) is 55.1 Å². The number of benzene rings is 1. The van der Waals surface area contributed by atoms with Gasteiger partial charge in [0.25, 0.3) is 0 Å². The number of methoxy groups -OCH3 is 1. The summed E-state index contributed by atoms with van der Waals surface area (Å²) in [6, 6.07) is 11.5. The topological polar surface area (TPSA) is 79.4 Å². The van der Waals surface area contributed by atoms with Crippen molar-refractivity contribution in [3.05, 3.63) is 77.8 Å². The Labute approximate surface area is 179 Å². The van der Waals surface area contributed by atoms with Gasteiger partial charge in [-0.25, -0.2) is 14.5 Å². The van der Waals surface area contributed by atoms with Crippen molar-refractivity contribution < 1.29 is 9.47 Å². The highest BCUT2D eigenvalue weighted by Crippen LogP contribution is 2.29. The molecule has 0 radical (unpaired) electrons. The molecule has 8 heteroatoms. The third-order valence-electron chi connectivity index (χ3n) is 5.48. The second-order valence-electron chi connectivity index (χ2n) is 7.34. The molecule has 31 heavy (non-hydrogen) atoms. The van der Waals surface area contributed by atoms with E-state index in [2.05, 4.69) is 39.5 Å². The van der Waals surface area contributed by atoms with Gasteiger partial charge in [-0.05, 0) is 43.2 Å². The maximum atomic E-state index is 5.90. The molecule has 0 fully saturated rings. The molecule has 5 rings (SSSR count). The summed E-state index contributed by atoms with van der Waals surface area (Å²) in [4.78, 5) is 13.7. The summed E-state index contributed by atoms with van der Waals surface area (Å²) in [7, 11) is 1.62. The zero-order chi connectivity index (χ0) is 21.4. The van der Waals surface area contributed by atoms with Gasteiger partial charge in [-0.15, -0.1) is 5.10 Å². The largest absolute Gasteiger partial charge is 0.493 e. The molecule has 0 atom stereocenters. The van der Waals surface area contributed by atoms with E-state index >= 15 is 0 Å². The lowest BCUT2D eigenvalue weighted by Gasteiger charge is -2.08. The van der Waals surface area contributed by atoms with Gasteiger partial charge in [-0.2, -0.15) is 0 Å². The van der Waals surface area contributed by atoms with Gasteiger partial charge in [-0.3, -0.25) is 4.98 Å². The van der Waals surface area contributed by atoms with Crippen LogP contribution in [0, 0.1) is 13.8 Å². The predicted octanol–water partition coefficient (Wildman–Crippen LogP) is 3.73. The molecule has 1 aromatic carbocycles. The fraction of sp³-hybridized carbons (Fsp3) is 0.217. The van der Waals surface area contributed by atoms with Crippen molar-refractivity contribution in [1.82, 2.24) is 29.1 Å². The fourth-order valence-electron chi connectivity index (χ4n) is 3.78. The summed E-state index contributed by atoms with van der Waals surface area (Å²) in [6.07, 6.45) is 5.36. The Morgan fingerprint density at radius 2 is 1.84 bits per heavy atom. The lowest BCUT2D eigenvalue weighted by atomic mass is 10.2. The van der Waals surface area contributed by atoms with E-state index in [0.717, 1.165) is 33.5 Å². The second kappa shape index (κ2) is 7.71. The number of para-hydroxylation sites is 2. The zero-order valence-electron chi connectivity index (χ0n) is 17.6. The van der Waals surface area contributed by atoms with Crippen LogP contribution in [-0.2, 0) is 13.2 Å². The quantitative estimate of drug-likeness (QED) is 0.421. The van der Waals surface area contributed by atoms with E-state index in [1.54, 1.807) is 24.1 Å². The molecule has 0 saturated heterocycles. The first kappa shape index (κ1) is 19.0. The average Bonchev–Trinajstić information content (AvgIpc) is 3.33. The van der Waals surface area contributed by atoms with Gasteiger partial charge >= 0.3 is 0 Å². The van der Waals surface area contributed by atoms with Crippen molar-refractivity contribution in [2.24, 2.45) is 0 Å². The van der Waals surface area contributed by atoms with Crippen LogP contribution < -0.4 is 9.47 Å². The van der Waals surface area contributed by atoms with Crippen LogP contribution in [-0.4, -0.2) is 36.2 Å². The number of hydrogen-bond acceptors (Lipinski definition) is 6. The molecule has 156 valence electrons. The molecular formula is C23H22N6O2. The SMILES string of the molecule is COc1ccccc1OCc1nc2c3c(C)c(C)n(Cc4cccnc4)c3ncn2n1. The summed E-state index contributed by atoms with van der Waals surface area (Å²) in [5.74, 6) is 1.91. The van der Waals surface area contributed by atoms with Gasteiger partial charge in [0, 0.05) is 18.1 Å². The first-order valence-corrected chi connectivity index (χ1v) is 10.00. The van der Waals surface area contributed by atoms with Crippen molar-refractivity contribution in [2.75, 3.05) is 7.11 Å². The van der Waals surface area contributed by atoms with Crippen LogP contribution in [0.1, 0.15) is 22.6 Å². The number of pyridine rings is 1. The van der Waals surface area contributed by atoms with Crippen molar-refractivity contribution in [3.8, 4) is 11.5 Å². The monoisotopic (exact) mass is 414 g/mol. The Hall–Kier alpha value is -3.94. The smallest absolute Gasteiger partial charge is 0.189 e. The van der Waals surface area contributed by atoms with Crippen LogP contribution in [0.3, 0.4) is 0 Å². The lowest BCUT2D eigenvalue weighted by Crippen LogP contribution is -2.03. The minimum atomic E-state index is 0.234. The second-order valence-corrected chi connectivity index (χ2v) is 7.34. The van der Waals surface area contributed by atoms with Crippen molar-refractivity contribution in [1.29, 1.82) is 0 Å². The molecule has 0 unspecified atom stereocenters. The van der Waals surface area contributed by atoms with Crippen LogP contribution in [0.4, 0.5) is 0 Å². The molecule has 4 aromatic heterocycles. The zero-order valence-corrected chi connectivity index (χ0v) is 17.6. The van der Waals surface area contributed by atoms with Gasteiger partial charge in [0.1, 0.15) is 18.6 Å². The van der Waals surface area contributed by atoms with E-state index in [1.165, 1.54) is 0 Å². The Morgan fingerprint density at radius 1 is 1.00 bits per heavy atom. The number of ether oxygens (including phenoxy) is 2. The van der Waals surface area contributed by atoms with Gasteiger partial charge < -0.3 is 14.0 Å². The highest BCUT2D eigenvalue weighted by Gasteiger charge is 2.18. The van der Waals surface area contributed by atoms with Crippen molar-refractivity contribution in [3.63, 3.8) is 0 Å². The average molecular weight is 414 g/mol. The molecule has 0 bridgehead atoms. The minimum absolute atomic E-state index is 0.234. The first-order valence-electron chi connectivity index (χ1n) is 10.00. The van der Waals surface area contributed by atoms with Gasteiger partial charge in [0.05, 0.1) is 19.0 Å². The van der Waals surface area contributed by atoms with Gasteiger partial charge in [0.15, 0.2) is 23.0 Å². The first-order chi connectivity index (χ1) is 15.2. The molecule has 0 aliphatic heterocycles. The fourth-order valence-corrected chi connectivity index (χ4v) is 3.78. The molecule has 4 heterocycles. The Morgan fingerprint density at radius 3 is 2.61 bits per heavy atom. The normalized spacial score (nSPS) is 11.3. The standard InChI is InChI=1S/C23H22N6O2/c1-15-16(2)28(12-17-7-6-10-24-11-17)22-21(15)23-26-20(27-29(23)14-25-22)13-31-19-9-5-4-8-18(19)30-3/h4-11,14H,12-13H2,1-3H3. The summed E-state index contributed by atoms with van der Waals surface area (Å²) in [5.41, 5.74) is 5.07. The highest BCUT2D eigenvalue weighted by molar-refractivity contribution is 5.93. The minimum Gasteiger partial charge on any atom is -0.493 e. The van der Waals surface area contributed by atoms with Crippen LogP contribution in [0.5, 0.6) is 11.5 Å². The number of aryl methyl sites for hydroxylation is 1. The third kappa shape index (κ3) is 3.35. The van der Waals surface area contributed by atoms with Crippen LogP contribution >= 0.6 is 0 Å². The van der Waals surface area contributed by atoms with Gasteiger partial charge in [0.2, 0.25) is 0 Å². The van der Waals surface area contributed by atoms with E-state index in [9.17, 15) is 0 Å². The highest BCUT2D eigenvalue weighted by atomic mass is 16.5. The van der Waals surface area contributed by atoms with E-state index < -0.39 is 0 Å². The molecule has 8 nitrogen and oxygen atoms in total. The summed E-state index contributed by atoms with van der Waals surface area (Å²) in [6.45, 7) is 5.13. The van der Waals surface area contributed by atoms with Crippen molar-refractivity contribution >= 4 is 16.7 Å². The number of fused-ring (bicyclic) bond motifs is 3. The number of nitrogens with zero attached hydrogens (tertiary/aromatic N) is 6. The summed E-state index contributed by atoms with van der Waals surface area (Å²) in [5, 5.41) is 5.56. The molecule has 0 saturated carbocycles. The van der Waals surface area contributed by atoms with Crippen LogP contribution in [0.2, 0.25) is 0 Å². The van der Waals surface area contributed by atoms with Crippen molar-refractivity contribution in [2.45, 2.75) is 27.0 Å². The van der Waals surface area contributed by atoms with Gasteiger partial charge in [-0.1, -0.05) is 18.2 Å². The Balaban J connectivity index is 1.52.